The predicted octanol–water partition coefficient (Wildman–Crippen LogP) is 3.30. The Morgan fingerprint density at radius 2 is 2.15 bits per heavy atom. The Labute approximate surface area is 122 Å². The molecule has 20 heavy (non-hydrogen) atoms. The second-order valence-electron chi connectivity index (χ2n) is 4.12. The van der Waals surface area contributed by atoms with Gasteiger partial charge in [-0.3, -0.25) is 4.79 Å². The molecule has 2 rings (SSSR count). The van der Waals surface area contributed by atoms with Crippen LogP contribution in [0.5, 0.6) is 0 Å². The highest BCUT2D eigenvalue weighted by Crippen LogP contribution is 2.09. The number of hydrogen-bond acceptors (Lipinski definition) is 4. The molecule has 4 nitrogen and oxygen atoms in total. The summed E-state index contributed by atoms with van der Waals surface area (Å²) >= 11 is 1.56. The fraction of sp³-hybridized carbons (Fsp3) is 0.200. The van der Waals surface area contributed by atoms with Gasteiger partial charge in [0.1, 0.15) is 0 Å². The monoisotopic (exact) mass is 288 g/mol. The highest BCUT2D eigenvalue weighted by Gasteiger charge is 2.02. The van der Waals surface area contributed by atoms with E-state index >= 15 is 0 Å². The number of amides is 1. The van der Waals surface area contributed by atoms with Gasteiger partial charge >= 0.3 is 0 Å². The van der Waals surface area contributed by atoms with Crippen molar-refractivity contribution in [2.45, 2.75) is 13.3 Å². The Morgan fingerprint density at radius 1 is 1.35 bits per heavy atom. The molecule has 0 fully saturated rings. The van der Waals surface area contributed by atoms with Gasteiger partial charge in [-0.05, 0) is 35.6 Å². The van der Waals surface area contributed by atoms with E-state index in [9.17, 15) is 4.79 Å². The van der Waals surface area contributed by atoms with E-state index < -0.39 is 0 Å². The fourth-order valence-corrected chi connectivity index (χ4v) is 2.15. The zero-order valence-electron chi connectivity index (χ0n) is 11.2. The van der Waals surface area contributed by atoms with Gasteiger partial charge in [0.15, 0.2) is 6.61 Å². The van der Waals surface area contributed by atoms with Crippen LogP contribution in [0, 0.1) is 0 Å². The molecule has 0 saturated heterocycles. The van der Waals surface area contributed by atoms with Gasteiger partial charge in [0.05, 0.1) is 6.21 Å². The van der Waals surface area contributed by atoms with Crippen molar-refractivity contribution in [3.05, 3.63) is 52.2 Å². The molecule has 2 aromatic rings. The second kappa shape index (κ2) is 7.45. The summed E-state index contributed by atoms with van der Waals surface area (Å²) in [5.74, 6) is -0.224. The van der Waals surface area contributed by atoms with Crippen molar-refractivity contribution in [1.82, 2.24) is 0 Å². The molecule has 1 aromatic carbocycles. The van der Waals surface area contributed by atoms with Gasteiger partial charge in [0, 0.05) is 10.6 Å². The van der Waals surface area contributed by atoms with E-state index in [4.69, 9.17) is 4.84 Å². The maximum atomic E-state index is 11.6. The predicted molar refractivity (Wildman–Crippen MR) is 82.3 cm³/mol. The molecule has 0 aliphatic carbocycles. The van der Waals surface area contributed by atoms with E-state index in [2.05, 4.69) is 17.4 Å². The SMILES string of the molecule is CCc1ccc(NC(=O)CO/N=C/c2cccs2)cc1. The highest BCUT2D eigenvalue weighted by atomic mass is 32.1. The fourth-order valence-electron chi connectivity index (χ4n) is 1.57. The zero-order chi connectivity index (χ0) is 14.2. The average Bonchev–Trinajstić information content (AvgIpc) is 2.98. The van der Waals surface area contributed by atoms with Crippen molar-refractivity contribution in [1.29, 1.82) is 0 Å². The third kappa shape index (κ3) is 4.51. The van der Waals surface area contributed by atoms with Crippen molar-refractivity contribution in [3.63, 3.8) is 0 Å². The standard InChI is InChI=1S/C15H16N2O2S/c1-2-12-5-7-13(8-6-12)17-15(18)11-19-16-10-14-4-3-9-20-14/h3-10H,2,11H2,1H3,(H,17,18)/b16-10+. The number of anilines is 1. The summed E-state index contributed by atoms with van der Waals surface area (Å²) in [6.07, 6.45) is 2.57. The minimum atomic E-state index is -0.224. The van der Waals surface area contributed by atoms with Crippen molar-refractivity contribution in [3.8, 4) is 0 Å². The quantitative estimate of drug-likeness (QED) is 0.655. The van der Waals surface area contributed by atoms with Crippen LogP contribution in [0.15, 0.2) is 46.9 Å². The van der Waals surface area contributed by atoms with E-state index in [1.807, 2.05) is 41.8 Å². The number of carbonyl (C=O) groups is 1. The van der Waals surface area contributed by atoms with Crippen LogP contribution in [0.25, 0.3) is 0 Å². The van der Waals surface area contributed by atoms with E-state index in [1.165, 1.54) is 5.56 Å². The lowest BCUT2D eigenvalue weighted by molar-refractivity contribution is -0.120. The number of oxime groups is 1. The van der Waals surface area contributed by atoms with Crippen LogP contribution in [0.3, 0.4) is 0 Å². The van der Waals surface area contributed by atoms with Crippen LogP contribution >= 0.6 is 11.3 Å². The molecule has 1 heterocycles. The third-order valence-corrected chi connectivity index (χ3v) is 3.45. The smallest absolute Gasteiger partial charge is 0.265 e. The van der Waals surface area contributed by atoms with Crippen LogP contribution in [-0.2, 0) is 16.1 Å². The van der Waals surface area contributed by atoms with Crippen LogP contribution in [0.4, 0.5) is 5.69 Å². The first-order valence-corrected chi connectivity index (χ1v) is 7.23. The molecule has 0 atom stereocenters. The molecule has 1 aromatic heterocycles. The molecule has 104 valence electrons. The lowest BCUT2D eigenvalue weighted by Gasteiger charge is -2.04. The van der Waals surface area contributed by atoms with E-state index in [0.717, 1.165) is 17.0 Å². The number of carbonyl (C=O) groups excluding carboxylic acids is 1. The lowest BCUT2D eigenvalue weighted by atomic mass is 10.1. The van der Waals surface area contributed by atoms with Crippen LogP contribution in [-0.4, -0.2) is 18.7 Å². The lowest BCUT2D eigenvalue weighted by Crippen LogP contribution is -2.16. The Kier molecular flexibility index (Phi) is 5.32. The van der Waals surface area contributed by atoms with Gasteiger partial charge in [-0.1, -0.05) is 30.3 Å². The largest absolute Gasteiger partial charge is 0.386 e. The van der Waals surface area contributed by atoms with Crippen molar-refractivity contribution < 1.29 is 9.63 Å². The first-order chi connectivity index (χ1) is 9.78. The Hall–Kier alpha value is -2.14. The minimum Gasteiger partial charge on any atom is -0.386 e. The summed E-state index contributed by atoms with van der Waals surface area (Å²) in [7, 11) is 0. The minimum absolute atomic E-state index is 0.0998. The number of aryl methyl sites for hydroxylation is 1. The average molecular weight is 288 g/mol. The number of nitrogens with zero attached hydrogens (tertiary/aromatic N) is 1. The summed E-state index contributed by atoms with van der Waals surface area (Å²) in [6, 6.07) is 11.6. The molecule has 0 aliphatic rings. The van der Waals surface area contributed by atoms with Gasteiger partial charge in [-0.2, -0.15) is 0 Å². The van der Waals surface area contributed by atoms with Gasteiger partial charge in [-0.25, -0.2) is 0 Å². The van der Waals surface area contributed by atoms with E-state index in [-0.39, 0.29) is 12.5 Å². The summed E-state index contributed by atoms with van der Waals surface area (Å²) < 4.78 is 0. The topological polar surface area (TPSA) is 50.7 Å². The summed E-state index contributed by atoms with van der Waals surface area (Å²) in [5.41, 5.74) is 2.00. The molecule has 1 amide bonds. The number of hydrogen-bond donors (Lipinski definition) is 1. The van der Waals surface area contributed by atoms with E-state index in [1.54, 1.807) is 17.6 Å². The first kappa shape index (κ1) is 14.3. The molecule has 0 radical (unpaired) electrons. The molecule has 0 spiro atoms. The van der Waals surface area contributed by atoms with Gasteiger partial charge in [-0.15, -0.1) is 11.3 Å². The Bertz CT molecular complexity index is 562. The Balaban J connectivity index is 1.74. The molecular weight excluding hydrogens is 272 g/mol. The molecule has 5 heteroatoms. The maximum absolute atomic E-state index is 11.6. The Morgan fingerprint density at radius 3 is 2.80 bits per heavy atom. The normalized spacial score (nSPS) is 10.7. The summed E-state index contributed by atoms with van der Waals surface area (Å²) in [6.45, 7) is 1.99. The van der Waals surface area contributed by atoms with E-state index in [0.29, 0.717) is 0 Å². The van der Waals surface area contributed by atoms with Gasteiger partial charge in [0.2, 0.25) is 0 Å². The molecule has 0 bridgehead atoms. The molecule has 0 saturated carbocycles. The van der Waals surface area contributed by atoms with Crippen molar-refractivity contribution in [2.75, 3.05) is 11.9 Å². The van der Waals surface area contributed by atoms with Crippen LogP contribution in [0.1, 0.15) is 17.4 Å². The summed E-state index contributed by atoms with van der Waals surface area (Å²) in [5, 5.41) is 8.45. The molecule has 0 unspecified atom stereocenters. The van der Waals surface area contributed by atoms with Gasteiger partial charge in [0.25, 0.3) is 5.91 Å². The number of rotatable bonds is 6. The molecule has 1 N–H and O–H groups in total. The molecule has 0 aliphatic heterocycles. The van der Waals surface area contributed by atoms with Crippen molar-refractivity contribution >= 4 is 29.1 Å². The van der Waals surface area contributed by atoms with Gasteiger partial charge < -0.3 is 10.2 Å². The first-order valence-electron chi connectivity index (χ1n) is 6.35. The number of benzene rings is 1. The second-order valence-corrected chi connectivity index (χ2v) is 5.10. The third-order valence-electron chi connectivity index (χ3n) is 2.64. The van der Waals surface area contributed by atoms with Crippen molar-refractivity contribution in [2.24, 2.45) is 5.16 Å². The maximum Gasteiger partial charge on any atom is 0.265 e. The summed E-state index contributed by atoms with van der Waals surface area (Å²) in [4.78, 5) is 17.6. The highest BCUT2D eigenvalue weighted by molar-refractivity contribution is 7.11. The number of thiophene rings is 1. The number of nitrogens with one attached hydrogen (secondary N) is 1. The molecular formula is C15H16N2O2S. The van der Waals surface area contributed by atoms with Crippen LogP contribution in [0.2, 0.25) is 0 Å². The van der Waals surface area contributed by atoms with Crippen LogP contribution < -0.4 is 5.32 Å². The zero-order valence-corrected chi connectivity index (χ0v) is 12.0.